The van der Waals surface area contributed by atoms with Crippen LogP contribution in [0.2, 0.25) is 0 Å². The van der Waals surface area contributed by atoms with E-state index in [1.54, 1.807) is 0 Å². The predicted molar refractivity (Wildman–Crippen MR) is 183 cm³/mol. The van der Waals surface area contributed by atoms with Gasteiger partial charge in [-0.25, -0.2) is 0 Å². The third kappa shape index (κ3) is 8.64. The van der Waals surface area contributed by atoms with Crippen molar-refractivity contribution in [1.82, 2.24) is 50.3 Å². The van der Waals surface area contributed by atoms with Crippen molar-refractivity contribution in [1.29, 1.82) is 0 Å². The van der Waals surface area contributed by atoms with Crippen LogP contribution in [0.15, 0.2) is 97.1 Å². The first kappa shape index (κ1) is 44.5. The van der Waals surface area contributed by atoms with Gasteiger partial charge in [0.2, 0.25) is 0 Å². The molecule has 6 aromatic heterocycles. The van der Waals surface area contributed by atoms with Crippen molar-refractivity contribution in [2.24, 2.45) is 0 Å². The number of halogens is 10. The summed E-state index contributed by atoms with van der Waals surface area (Å²) in [5.74, 6) is -8.29. The third-order valence-corrected chi connectivity index (χ3v) is 8.63. The average Bonchev–Trinajstić information content (AvgIpc) is 3.91. The van der Waals surface area contributed by atoms with E-state index in [0.29, 0.717) is 12.1 Å². The minimum absolute atomic E-state index is 0. The van der Waals surface area contributed by atoms with Crippen LogP contribution in [0.4, 0.5) is 43.9 Å². The second-order valence-electron chi connectivity index (χ2n) is 12.4. The first-order valence-electron chi connectivity index (χ1n) is 16.7. The van der Waals surface area contributed by atoms with E-state index in [1.165, 1.54) is 72.8 Å². The van der Waals surface area contributed by atoms with Gasteiger partial charge < -0.3 is 20.2 Å². The molecule has 0 N–H and O–H groups in total. The van der Waals surface area contributed by atoms with E-state index in [2.05, 4.69) is 52.5 Å². The molecule has 0 unspecified atom stereocenters. The molecule has 22 heteroatoms. The number of hydrogen-bond acceptors (Lipinski definition) is 8. The van der Waals surface area contributed by atoms with Crippen molar-refractivity contribution in [3.05, 3.63) is 167 Å². The van der Waals surface area contributed by atoms with Crippen molar-refractivity contribution in [2.45, 2.75) is 17.8 Å². The summed E-state index contributed by atoms with van der Waals surface area (Å²) in [6.07, 6.45) is -9.95. The van der Waals surface area contributed by atoms with Gasteiger partial charge in [-0.15, -0.1) is 24.3 Å². The number of alkyl halides is 6. The molecule has 0 bridgehead atoms. The molecular formula is C39H16F10N10Pt2. The number of rotatable bonds is 8. The molecule has 10 nitrogen and oxygen atoms in total. The SMILES string of the molecule is Fc1c[c-]c(-c2cccc(C(c3cccc(-c4nc(C(F)(F)F)n[n-]4)n3)(c3cccc(-c4nc(C(F)(F)F)n[n-]4)n3)c3cccc(-c4[c-]cc(F)cc4F)n3)n2)c(F)c1.[Pt+2].[Pt+2]. The van der Waals surface area contributed by atoms with Gasteiger partial charge in [0, 0.05) is 23.3 Å². The molecule has 0 saturated heterocycles. The number of aromatic nitrogens is 10. The summed E-state index contributed by atoms with van der Waals surface area (Å²) in [6.45, 7) is 0. The Morgan fingerprint density at radius 1 is 0.443 bits per heavy atom. The van der Waals surface area contributed by atoms with Crippen LogP contribution in [0.5, 0.6) is 0 Å². The molecule has 312 valence electrons. The summed E-state index contributed by atoms with van der Waals surface area (Å²) < 4.78 is 140. The fraction of sp³-hybridized carbons (Fsp3) is 0.0769. The molecule has 0 fully saturated rings. The van der Waals surface area contributed by atoms with E-state index in [4.69, 9.17) is 9.97 Å². The fourth-order valence-corrected chi connectivity index (χ4v) is 6.11. The van der Waals surface area contributed by atoms with E-state index < -0.39 is 64.3 Å². The predicted octanol–water partition coefficient (Wildman–Crippen LogP) is 8.00. The van der Waals surface area contributed by atoms with Gasteiger partial charge in [-0.1, -0.05) is 59.7 Å². The zero-order valence-corrected chi connectivity index (χ0v) is 34.2. The van der Waals surface area contributed by atoms with Gasteiger partial charge in [0.1, 0.15) is 17.1 Å². The summed E-state index contributed by atoms with van der Waals surface area (Å²) in [4.78, 5) is 25.7. The quantitative estimate of drug-likeness (QED) is 0.109. The Bertz CT molecular complexity index is 2670. The van der Waals surface area contributed by atoms with Crippen molar-refractivity contribution < 1.29 is 86.0 Å². The molecule has 0 aliphatic rings. The van der Waals surface area contributed by atoms with Crippen molar-refractivity contribution in [3.8, 4) is 45.6 Å². The maximum absolute atomic E-state index is 15.3. The molecule has 0 amide bonds. The van der Waals surface area contributed by atoms with Gasteiger partial charge >= 0.3 is 54.5 Å². The molecule has 0 atom stereocenters. The van der Waals surface area contributed by atoms with Crippen LogP contribution in [0, 0.1) is 35.4 Å². The van der Waals surface area contributed by atoms with Gasteiger partial charge in [0.15, 0.2) is 0 Å². The maximum atomic E-state index is 15.3. The molecule has 0 aliphatic heterocycles. The Labute approximate surface area is 364 Å². The van der Waals surface area contributed by atoms with Crippen molar-refractivity contribution >= 4 is 0 Å². The molecule has 0 aliphatic carbocycles. The van der Waals surface area contributed by atoms with Crippen LogP contribution in [0.1, 0.15) is 34.4 Å². The molecule has 2 aromatic carbocycles. The summed E-state index contributed by atoms with van der Waals surface area (Å²) >= 11 is 0. The van der Waals surface area contributed by atoms with Gasteiger partial charge in [-0.2, -0.15) is 26.3 Å². The Hall–Kier alpha value is -6.00. The van der Waals surface area contributed by atoms with Crippen LogP contribution in [0.25, 0.3) is 45.6 Å². The van der Waals surface area contributed by atoms with E-state index >= 15 is 8.78 Å². The van der Waals surface area contributed by atoms with Crippen molar-refractivity contribution in [2.75, 3.05) is 0 Å². The molecule has 0 radical (unpaired) electrons. The van der Waals surface area contributed by atoms with E-state index in [1.807, 2.05) is 0 Å². The summed E-state index contributed by atoms with van der Waals surface area (Å²) in [5, 5.41) is 13.3. The van der Waals surface area contributed by atoms with Crippen LogP contribution in [-0.4, -0.2) is 40.1 Å². The van der Waals surface area contributed by atoms with Gasteiger partial charge in [-0.3, -0.25) is 47.7 Å². The number of nitrogens with zero attached hydrogens (tertiary/aromatic N) is 10. The van der Waals surface area contributed by atoms with Gasteiger partial charge in [0.25, 0.3) is 0 Å². The summed E-state index contributed by atoms with van der Waals surface area (Å²) in [7, 11) is 0. The molecule has 6 heterocycles. The zero-order valence-electron chi connectivity index (χ0n) is 29.6. The maximum Gasteiger partial charge on any atom is 2.00 e. The minimum atomic E-state index is -4.98. The Morgan fingerprint density at radius 3 is 1.08 bits per heavy atom. The Morgan fingerprint density at radius 2 is 0.770 bits per heavy atom. The average molecular weight is 1200 g/mol. The number of hydrogen-bond donors (Lipinski definition) is 0. The standard InChI is InChI=1S/C39H16F10N10.2Pt/c40-19-13-15-21(23(42)17-19)25-5-1-9-29(50-25)37(30-10-2-6-26(51-30)22-16-14-20(41)18-24(22)43,31-11-3-7-27(52-31)33-54-35(58-56-33)38(44,45)46)32-12-4-8-28(53-32)34-55-36(59-57-34)39(47,48)49;;/h1-14,17-18H;;/q-4;2*+2. The Kier molecular flexibility index (Phi) is 12.5. The molecule has 8 aromatic rings. The smallest absolute Gasteiger partial charge is 0.413 e. The molecule has 8 rings (SSSR count). The second-order valence-corrected chi connectivity index (χ2v) is 12.4. The molecule has 61 heavy (non-hydrogen) atoms. The first-order valence-corrected chi connectivity index (χ1v) is 16.7. The second kappa shape index (κ2) is 17.2. The molecule has 0 spiro atoms. The topological polar surface area (TPSA) is 131 Å². The van der Waals surface area contributed by atoms with Crippen LogP contribution >= 0.6 is 0 Å². The van der Waals surface area contributed by atoms with E-state index in [9.17, 15) is 35.1 Å². The third-order valence-electron chi connectivity index (χ3n) is 8.63. The van der Waals surface area contributed by atoms with Crippen LogP contribution < -0.4 is 10.2 Å². The normalized spacial score (nSPS) is 11.8. The van der Waals surface area contributed by atoms with Gasteiger partial charge in [0.05, 0.1) is 34.2 Å². The zero-order chi connectivity index (χ0) is 41.7. The van der Waals surface area contributed by atoms with Crippen molar-refractivity contribution in [3.63, 3.8) is 0 Å². The largest absolute Gasteiger partial charge is 2.00 e. The van der Waals surface area contributed by atoms with Crippen LogP contribution in [0.3, 0.4) is 0 Å². The van der Waals surface area contributed by atoms with Crippen LogP contribution in [-0.2, 0) is 59.9 Å². The van der Waals surface area contributed by atoms with Gasteiger partial charge in [-0.05, 0) is 59.4 Å². The Balaban J connectivity index is 0.00000311. The number of benzene rings is 2. The molecular weight excluding hydrogens is 1190 g/mol. The summed E-state index contributed by atoms with van der Waals surface area (Å²) in [5.41, 5.74) is -4.12. The fourth-order valence-electron chi connectivity index (χ4n) is 6.11. The van der Waals surface area contributed by atoms with E-state index in [-0.39, 0.29) is 98.8 Å². The first-order chi connectivity index (χ1) is 28.1. The monoisotopic (exact) mass is 1200 g/mol. The minimum Gasteiger partial charge on any atom is -0.413 e. The number of pyridine rings is 4. The molecule has 0 saturated carbocycles. The van der Waals surface area contributed by atoms with E-state index in [0.717, 1.165) is 12.1 Å². The summed E-state index contributed by atoms with van der Waals surface area (Å²) in [6, 6.07) is 24.2.